The molecule has 0 aliphatic carbocycles. The van der Waals surface area contributed by atoms with Crippen molar-refractivity contribution in [2.24, 2.45) is 0 Å². The molecule has 98 valence electrons. The maximum absolute atomic E-state index is 12.1. The lowest BCUT2D eigenvalue weighted by Crippen LogP contribution is -2.40. The Bertz CT molecular complexity index is 420. The molecule has 0 aromatic carbocycles. The molecule has 1 N–H and O–H groups in total. The number of amides is 2. The van der Waals surface area contributed by atoms with Gasteiger partial charge in [0, 0.05) is 19.3 Å². The average Bonchev–Trinajstić information content (AvgIpc) is 2.36. The first kappa shape index (κ1) is 14.6. The van der Waals surface area contributed by atoms with E-state index in [1.165, 1.54) is 11.1 Å². The fraction of sp³-hybridized carbons (Fsp3) is 0.417. The third-order valence-electron chi connectivity index (χ3n) is 2.35. The smallest absolute Gasteiger partial charge is 0.255 e. The number of likely N-dealkylation sites (N-methyl/N-ethyl adjacent to an activating group) is 2. The third-order valence-corrected chi connectivity index (χ3v) is 2.82. The van der Waals surface area contributed by atoms with E-state index in [0.29, 0.717) is 23.3 Å². The summed E-state index contributed by atoms with van der Waals surface area (Å²) < 4.78 is 0.672. The van der Waals surface area contributed by atoms with Crippen molar-refractivity contribution in [3.8, 4) is 0 Å². The monoisotopic (exact) mass is 313 g/mol. The Kier molecular flexibility index (Phi) is 5.77. The molecule has 5 nitrogen and oxygen atoms in total. The van der Waals surface area contributed by atoms with Crippen LogP contribution >= 0.6 is 15.9 Å². The van der Waals surface area contributed by atoms with Gasteiger partial charge >= 0.3 is 0 Å². The van der Waals surface area contributed by atoms with Gasteiger partial charge in [-0.2, -0.15) is 0 Å². The molecule has 0 fully saturated rings. The number of rotatable bonds is 5. The van der Waals surface area contributed by atoms with Gasteiger partial charge in [-0.25, -0.2) is 4.98 Å². The minimum Gasteiger partial charge on any atom is -0.355 e. The molecule has 0 atom stereocenters. The molecule has 0 bridgehead atoms. The maximum atomic E-state index is 12.1. The average molecular weight is 314 g/mol. The first-order valence-corrected chi connectivity index (χ1v) is 6.55. The summed E-state index contributed by atoms with van der Waals surface area (Å²) in [5, 5.41) is 2.67. The normalized spacial score (nSPS) is 9.94. The quantitative estimate of drug-likeness (QED) is 0.837. The SMILES string of the molecule is CCNC(=O)CN(CC)C(=O)c1ccc(Br)nc1. The zero-order valence-corrected chi connectivity index (χ0v) is 12.0. The van der Waals surface area contributed by atoms with Gasteiger partial charge in [-0.05, 0) is 41.9 Å². The van der Waals surface area contributed by atoms with Crippen LogP contribution in [0.2, 0.25) is 0 Å². The van der Waals surface area contributed by atoms with Crippen molar-refractivity contribution in [1.29, 1.82) is 0 Å². The second-order valence-electron chi connectivity index (χ2n) is 3.64. The summed E-state index contributed by atoms with van der Waals surface area (Å²) in [5.41, 5.74) is 0.476. The van der Waals surface area contributed by atoms with Gasteiger partial charge < -0.3 is 10.2 Å². The van der Waals surface area contributed by atoms with E-state index in [1.807, 2.05) is 13.8 Å². The topological polar surface area (TPSA) is 62.3 Å². The Labute approximate surface area is 115 Å². The Balaban J connectivity index is 2.73. The second-order valence-corrected chi connectivity index (χ2v) is 4.45. The van der Waals surface area contributed by atoms with Gasteiger partial charge in [0.25, 0.3) is 5.91 Å². The highest BCUT2D eigenvalue weighted by molar-refractivity contribution is 9.10. The molecule has 0 aliphatic heterocycles. The summed E-state index contributed by atoms with van der Waals surface area (Å²) in [4.78, 5) is 29.1. The van der Waals surface area contributed by atoms with E-state index in [4.69, 9.17) is 0 Å². The van der Waals surface area contributed by atoms with E-state index in [9.17, 15) is 9.59 Å². The fourth-order valence-corrected chi connectivity index (χ4v) is 1.67. The van der Waals surface area contributed by atoms with Crippen molar-refractivity contribution in [1.82, 2.24) is 15.2 Å². The molecule has 6 heteroatoms. The molecule has 0 saturated carbocycles. The Hall–Kier alpha value is -1.43. The van der Waals surface area contributed by atoms with E-state index in [-0.39, 0.29) is 18.4 Å². The highest BCUT2D eigenvalue weighted by Gasteiger charge is 2.17. The first-order chi connectivity index (χ1) is 8.58. The number of nitrogens with one attached hydrogen (secondary N) is 1. The molecule has 0 radical (unpaired) electrons. The van der Waals surface area contributed by atoms with E-state index in [2.05, 4.69) is 26.2 Å². The summed E-state index contributed by atoms with van der Waals surface area (Å²) in [6.45, 7) is 4.79. The maximum Gasteiger partial charge on any atom is 0.255 e. The lowest BCUT2D eigenvalue weighted by molar-refractivity contribution is -0.121. The molecule has 1 rings (SSSR count). The Morgan fingerprint density at radius 2 is 2.11 bits per heavy atom. The van der Waals surface area contributed by atoms with Gasteiger partial charge in [0.1, 0.15) is 4.60 Å². The molecule has 0 unspecified atom stereocenters. The number of nitrogens with zero attached hydrogens (tertiary/aromatic N) is 2. The lowest BCUT2D eigenvalue weighted by Gasteiger charge is -2.20. The molecule has 1 aromatic heterocycles. The number of aromatic nitrogens is 1. The number of carbonyl (C=O) groups excluding carboxylic acids is 2. The predicted octanol–water partition coefficient (Wildman–Crippen LogP) is 1.44. The summed E-state index contributed by atoms with van der Waals surface area (Å²) in [6, 6.07) is 3.38. The molecule has 0 aliphatic rings. The molecule has 18 heavy (non-hydrogen) atoms. The number of pyridine rings is 1. The van der Waals surface area contributed by atoms with Crippen LogP contribution in [0.5, 0.6) is 0 Å². The van der Waals surface area contributed by atoms with Crippen molar-refractivity contribution in [2.45, 2.75) is 13.8 Å². The van der Waals surface area contributed by atoms with Gasteiger partial charge in [-0.3, -0.25) is 9.59 Å². The molecular weight excluding hydrogens is 298 g/mol. The molecule has 1 heterocycles. The highest BCUT2D eigenvalue weighted by atomic mass is 79.9. The lowest BCUT2D eigenvalue weighted by atomic mass is 10.2. The standard InChI is InChI=1S/C12H16BrN3O2/c1-3-14-11(17)8-16(4-2)12(18)9-5-6-10(13)15-7-9/h5-7H,3-4,8H2,1-2H3,(H,14,17). The van der Waals surface area contributed by atoms with Crippen molar-refractivity contribution >= 4 is 27.7 Å². The molecule has 0 saturated heterocycles. The van der Waals surface area contributed by atoms with Crippen LogP contribution in [0, 0.1) is 0 Å². The molecule has 1 aromatic rings. The number of hydrogen-bond donors (Lipinski definition) is 1. The van der Waals surface area contributed by atoms with E-state index in [0.717, 1.165) is 0 Å². The Morgan fingerprint density at radius 3 is 2.61 bits per heavy atom. The summed E-state index contributed by atoms with van der Waals surface area (Å²) in [7, 11) is 0. The van der Waals surface area contributed by atoms with Crippen LogP contribution in [0.1, 0.15) is 24.2 Å². The first-order valence-electron chi connectivity index (χ1n) is 5.76. The largest absolute Gasteiger partial charge is 0.355 e. The predicted molar refractivity (Wildman–Crippen MR) is 72.2 cm³/mol. The van der Waals surface area contributed by atoms with Gasteiger partial charge in [0.15, 0.2) is 0 Å². The highest BCUT2D eigenvalue weighted by Crippen LogP contribution is 2.08. The summed E-state index contributed by atoms with van der Waals surface area (Å²) in [5.74, 6) is -0.346. The zero-order chi connectivity index (χ0) is 13.5. The van der Waals surface area contributed by atoms with Crippen molar-refractivity contribution in [3.05, 3.63) is 28.5 Å². The fourth-order valence-electron chi connectivity index (χ4n) is 1.44. The second kappa shape index (κ2) is 7.10. The Morgan fingerprint density at radius 1 is 1.39 bits per heavy atom. The van der Waals surface area contributed by atoms with Crippen LogP contribution in [0.25, 0.3) is 0 Å². The molecule has 2 amide bonds. The minimum atomic E-state index is -0.191. The number of halogens is 1. The third kappa shape index (κ3) is 4.10. The van der Waals surface area contributed by atoms with E-state index in [1.54, 1.807) is 12.1 Å². The van der Waals surface area contributed by atoms with Gasteiger partial charge in [-0.15, -0.1) is 0 Å². The van der Waals surface area contributed by atoms with Gasteiger partial charge in [0.05, 0.1) is 12.1 Å². The van der Waals surface area contributed by atoms with Crippen LogP contribution < -0.4 is 5.32 Å². The summed E-state index contributed by atoms with van der Waals surface area (Å²) in [6.07, 6.45) is 1.49. The molecular formula is C12H16BrN3O2. The van der Waals surface area contributed by atoms with E-state index >= 15 is 0 Å². The van der Waals surface area contributed by atoms with Crippen LogP contribution in [0.4, 0.5) is 0 Å². The molecule has 0 spiro atoms. The van der Waals surface area contributed by atoms with Crippen molar-refractivity contribution in [3.63, 3.8) is 0 Å². The van der Waals surface area contributed by atoms with Crippen LogP contribution in [0.3, 0.4) is 0 Å². The van der Waals surface area contributed by atoms with Crippen LogP contribution in [-0.4, -0.2) is 41.3 Å². The minimum absolute atomic E-state index is 0.0687. The van der Waals surface area contributed by atoms with Crippen LogP contribution in [-0.2, 0) is 4.79 Å². The van der Waals surface area contributed by atoms with Gasteiger partial charge in [0.2, 0.25) is 5.91 Å². The summed E-state index contributed by atoms with van der Waals surface area (Å²) >= 11 is 3.21. The number of hydrogen-bond acceptors (Lipinski definition) is 3. The number of carbonyl (C=O) groups is 2. The van der Waals surface area contributed by atoms with Gasteiger partial charge in [-0.1, -0.05) is 0 Å². The van der Waals surface area contributed by atoms with Crippen molar-refractivity contribution in [2.75, 3.05) is 19.6 Å². The van der Waals surface area contributed by atoms with Crippen molar-refractivity contribution < 1.29 is 9.59 Å². The zero-order valence-electron chi connectivity index (χ0n) is 10.4. The van der Waals surface area contributed by atoms with Crippen LogP contribution in [0.15, 0.2) is 22.9 Å². The van der Waals surface area contributed by atoms with E-state index < -0.39 is 0 Å².